The first-order valence-corrected chi connectivity index (χ1v) is 7.70. The minimum atomic E-state index is -0.928. The molecule has 1 aromatic carbocycles. The van der Waals surface area contributed by atoms with Gasteiger partial charge in [0.2, 0.25) is 5.91 Å². The number of piperidine rings is 1. The molecule has 0 saturated carbocycles. The van der Waals surface area contributed by atoms with E-state index < -0.39 is 5.60 Å². The van der Waals surface area contributed by atoms with Crippen LogP contribution < -0.4 is 0 Å². The Hall–Kier alpha value is -1.43. The number of carbonyl (C=O) groups excluding carboxylic acids is 1. The van der Waals surface area contributed by atoms with Crippen LogP contribution in [0.1, 0.15) is 18.4 Å². The lowest BCUT2D eigenvalue weighted by Crippen LogP contribution is -2.60. The summed E-state index contributed by atoms with van der Waals surface area (Å²) in [5, 5.41) is 11.2. The third kappa shape index (κ3) is 3.48. The van der Waals surface area contributed by atoms with Crippen molar-refractivity contribution in [3.63, 3.8) is 0 Å². The number of likely N-dealkylation sites (tertiary alicyclic amines) is 1. The van der Waals surface area contributed by atoms with Crippen LogP contribution in [0.2, 0.25) is 0 Å². The second kappa shape index (κ2) is 7.22. The second-order valence-corrected chi connectivity index (χ2v) is 6.10. The minimum absolute atomic E-state index is 0.0869. The normalized spacial score (nSPS) is 25.5. The number of ether oxygens (including phenoxy) is 1. The van der Waals surface area contributed by atoms with Crippen LogP contribution in [-0.4, -0.2) is 67.8 Å². The fourth-order valence-corrected chi connectivity index (χ4v) is 3.15. The highest BCUT2D eigenvalue weighted by molar-refractivity contribution is 5.76. The van der Waals surface area contributed by atoms with E-state index in [4.69, 9.17) is 4.74 Å². The van der Waals surface area contributed by atoms with Gasteiger partial charge in [0.1, 0.15) is 5.60 Å². The van der Waals surface area contributed by atoms with Gasteiger partial charge in [-0.15, -0.1) is 0 Å². The molecule has 5 heteroatoms. The van der Waals surface area contributed by atoms with E-state index in [-0.39, 0.29) is 11.9 Å². The van der Waals surface area contributed by atoms with E-state index in [9.17, 15) is 9.90 Å². The number of rotatable bonds is 5. The molecule has 1 saturated heterocycles. The first-order chi connectivity index (χ1) is 10.5. The van der Waals surface area contributed by atoms with Crippen molar-refractivity contribution in [2.45, 2.75) is 24.5 Å². The molecule has 1 heterocycles. The predicted octanol–water partition coefficient (Wildman–Crippen LogP) is 1.07. The molecule has 0 radical (unpaired) electrons. The first kappa shape index (κ1) is 16.9. The average molecular weight is 306 g/mol. The Kier molecular flexibility index (Phi) is 5.56. The summed E-state index contributed by atoms with van der Waals surface area (Å²) < 4.78 is 4.98. The van der Waals surface area contributed by atoms with Gasteiger partial charge in [0.05, 0.1) is 19.1 Å². The van der Waals surface area contributed by atoms with Gasteiger partial charge in [-0.2, -0.15) is 0 Å². The smallest absolute Gasteiger partial charge is 0.224 e. The van der Waals surface area contributed by atoms with Crippen LogP contribution in [-0.2, 0) is 15.1 Å². The maximum Gasteiger partial charge on any atom is 0.224 e. The lowest BCUT2D eigenvalue weighted by atomic mass is 9.79. The molecule has 0 bridgehead atoms. The monoisotopic (exact) mass is 306 g/mol. The SMILES string of the molecule is COCCC(=O)N1CCC(O)(c2ccccc2)[C@H](N(C)C)C1. The molecule has 0 spiro atoms. The zero-order valence-corrected chi connectivity index (χ0v) is 13.7. The van der Waals surface area contributed by atoms with Crippen molar-refractivity contribution in [2.24, 2.45) is 0 Å². The minimum Gasteiger partial charge on any atom is -0.384 e. The molecule has 2 atom stereocenters. The molecular formula is C17H26N2O3. The van der Waals surface area contributed by atoms with Gasteiger partial charge in [-0.05, 0) is 26.1 Å². The number of hydrogen-bond donors (Lipinski definition) is 1. The quantitative estimate of drug-likeness (QED) is 0.884. The van der Waals surface area contributed by atoms with Crippen LogP contribution in [0.25, 0.3) is 0 Å². The second-order valence-electron chi connectivity index (χ2n) is 6.10. The Morgan fingerprint density at radius 1 is 1.41 bits per heavy atom. The molecule has 1 aromatic rings. The summed E-state index contributed by atoms with van der Waals surface area (Å²) in [6.07, 6.45) is 0.930. The highest BCUT2D eigenvalue weighted by Crippen LogP contribution is 2.35. The van der Waals surface area contributed by atoms with Crippen LogP contribution >= 0.6 is 0 Å². The zero-order chi connectivity index (χ0) is 16.2. The van der Waals surface area contributed by atoms with Crippen molar-refractivity contribution >= 4 is 5.91 Å². The lowest BCUT2D eigenvalue weighted by molar-refractivity contribution is -0.142. The highest BCUT2D eigenvalue weighted by atomic mass is 16.5. The lowest BCUT2D eigenvalue weighted by Gasteiger charge is -2.47. The Labute approximate surface area is 132 Å². The highest BCUT2D eigenvalue weighted by Gasteiger charge is 2.44. The Balaban J connectivity index is 2.17. The molecule has 1 aliphatic rings. The van der Waals surface area contributed by atoms with E-state index in [1.807, 2.05) is 54.2 Å². The molecule has 1 unspecified atom stereocenters. The van der Waals surface area contributed by atoms with Crippen LogP contribution in [0, 0.1) is 0 Å². The van der Waals surface area contributed by atoms with Gasteiger partial charge in [0, 0.05) is 20.2 Å². The number of methoxy groups -OCH3 is 1. The summed E-state index contributed by atoms with van der Waals surface area (Å²) >= 11 is 0. The molecular weight excluding hydrogens is 280 g/mol. The topological polar surface area (TPSA) is 53.0 Å². The molecule has 0 aliphatic carbocycles. The molecule has 1 fully saturated rings. The molecule has 1 N–H and O–H groups in total. The molecule has 2 rings (SSSR count). The van der Waals surface area contributed by atoms with Gasteiger partial charge in [0.15, 0.2) is 0 Å². The van der Waals surface area contributed by atoms with Crippen molar-refractivity contribution in [1.82, 2.24) is 9.80 Å². The third-order valence-electron chi connectivity index (χ3n) is 4.48. The van der Waals surface area contributed by atoms with E-state index >= 15 is 0 Å². The summed E-state index contributed by atoms with van der Waals surface area (Å²) in [5.74, 6) is 0.0869. The van der Waals surface area contributed by atoms with E-state index in [2.05, 4.69) is 0 Å². The fraction of sp³-hybridized carbons (Fsp3) is 0.588. The number of amides is 1. The van der Waals surface area contributed by atoms with Gasteiger partial charge in [-0.3, -0.25) is 4.79 Å². The Morgan fingerprint density at radius 3 is 2.68 bits per heavy atom. The number of likely N-dealkylation sites (N-methyl/N-ethyl adjacent to an activating group) is 1. The number of nitrogens with zero attached hydrogens (tertiary/aromatic N) is 2. The van der Waals surface area contributed by atoms with E-state index in [1.54, 1.807) is 7.11 Å². The number of carbonyl (C=O) groups is 1. The summed E-state index contributed by atoms with van der Waals surface area (Å²) in [5.41, 5.74) is -0.0133. The van der Waals surface area contributed by atoms with E-state index in [0.717, 1.165) is 5.56 Å². The molecule has 1 amide bonds. The summed E-state index contributed by atoms with van der Waals surface area (Å²) in [4.78, 5) is 16.1. The van der Waals surface area contributed by atoms with Gasteiger partial charge in [-0.1, -0.05) is 30.3 Å². The molecule has 1 aliphatic heterocycles. The van der Waals surface area contributed by atoms with Gasteiger partial charge in [0.25, 0.3) is 0 Å². The summed E-state index contributed by atoms with van der Waals surface area (Å²) in [6.45, 7) is 1.53. The largest absolute Gasteiger partial charge is 0.384 e. The van der Waals surface area contributed by atoms with Crippen LogP contribution in [0.3, 0.4) is 0 Å². The molecule has 122 valence electrons. The van der Waals surface area contributed by atoms with E-state index in [1.165, 1.54) is 0 Å². The van der Waals surface area contributed by atoms with Crippen LogP contribution in [0.4, 0.5) is 0 Å². The number of aliphatic hydroxyl groups is 1. The van der Waals surface area contributed by atoms with Gasteiger partial charge >= 0.3 is 0 Å². The van der Waals surface area contributed by atoms with Crippen molar-refractivity contribution in [3.8, 4) is 0 Å². The number of hydrogen-bond acceptors (Lipinski definition) is 4. The number of benzene rings is 1. The first-order valence-electron chi connectivity index (χ1n) is 7.70. The van der Waals surface area contributed by atoms with Gasteiger partial charge < -0.3 is 19.6 Å². The third-order valence-corrected chi connectivity index (χ3v) is 4.48. The fourth-order valence-electron chi connectivity index (χ4n) is 3.15. The summed E-state index contributed by atoms with van der Waals surface area (Å²) in [7, 11) is 5.49. The Bertz CT molecular complexity index is 492. The van der Waals surface area contributed by atoms with Crippen molar-refractivity contribution in [3.05, 3.63) is 35.9 Å². The van der Waals surface area contributed by atoms with Crippen molar-refractivity contribution in [1.29, 1.82) is 0 Å². The average Bonchev–Trinajstić information content (AvgIpc) is 2.53. The molecule has 5 nitrogen and oxygen atoms in total. The zero-order valence-electron chi connectivity index (χ0n) is 13.7. The van der Waals surface area contributed by atoms with Crippen molar-refractivity contribution in [2.75, 3.05) is 40.9 Å². The van der Waals surface area contributed by atoms with Crippen LogP contribution in [0.5, 0.6) is 0 Å². The molecule has 0 aromatic heterocycles. The van der Waals surface area contributed by atoms with E-state index in [0.29, 0.717) is 32.5 Å². The standard InChI is InChI=1S/C17H26N2O3/c1-18(2)15-13-19(16(20)9-12-22-3)11-10-17(15,21)14-7-5-4-6-8-14/h4-8,15,21H,9-13H2,1-3H3/t15-,17?/m1/s1. The predicted molar refractivity (Wildman–Crippen MR) is 85.5 cm³/mol. The van der Waals surface area contributed by atoms with Crippen LogP contribution in [0.15, 0.2) is 30.3 Å². The maximum absolute atomic E-state index is 12.2. The summed E-state index contributed by atoms with van der Waals surface area (Å²) in [6, 6.07) is 9.61. The van der Waals surface area contributed by atoms with Gasteiger partial charge in [-0.25, -0.2) is 0 Å². The maximum atomic E-state index is 12.2. The van der Waals surface area contributed by atoms with Crippen molar-refractivity contribution < 1.29 is 14.6 Å². The Morgan fingerprint density at radius 2 is 2.09 bits per heavy atom. The molecule has 22 heavy (non-hydrogen) atoms.